The van der Waals surface area contributed by atoms with E-state index in [1.165, 1.54) is 16.8 Å². The quantitative estimate of drug-likeness (QED) is 0.609. The second-order valence-electron chi connectivity index (χ2n) is 4.01. The number of anilines is 1. The molecular formula is C9H13N3O6P+. The van der Waals surface area contributed by atoms with Gasteiger partial charge >= 0.3 is 13.9 Å². The lowest BCUT2D eigenvalue weighted by molar-refractivity contribution is -0.0412. The van der Waals surface area contributed by atoms with Crippen LogP contribution in [-0.2, 0) is 13.8 Å². The van der Waals surface area contributed by atoms with Gasteiger partial charge in [-0.2, -0.15) is 4.98 Å². The largest absolute Gasteiger partial charge is 0.694 e. The van der Waals surface area contributed by atoms with E-state index in [1.54, 1.807) is 0 Å². The molecule has 9 nitrogen and oxygen atoms in total. The summed E-state index contributed by atoms with van der Waals surface area (Å²) in [6, 6.07) is 1.44. The predicted octanol–water partition coefficient (Wildman–Crippen LogP) is -0.860. The zero-order valence-corrected chi connectivity index (χ0v) is 10.6. The van der Waals surface area contributed by atoms with Crippen LogP contribution in [0.3, 0.4) is 0 Å². The van der Waals surface area contributed by atoms with E-state index < -0.39 is 32.4 Å². The molecule has 2 rings (SSSR count). The lowest BCUT2D eigenvalue weighted by atomic mass is 10.2. The van der Waals surface area contributed by atoms with Gasteiger partial charge in [-0.15, -0.1) is 9.42 Å². The Labute approximate surface area is 108 Å². The molecule has 0 radical (unpaired) electrons. The second-order valence-corrected chi connectivity index (χ2v) is 4.74. The van der Waals surface area contributed by atoms with Gasteiger partial charge < -0.3 is 15.6 Å². The number of nitrogen functional groups attached to an aromatic ring is 1. The van der Waals surface area contributed by atoms with Crippen LogP contribution in [0.15, 0.2) is 17.1 Å². The first kappa shape index (κ1) is 14.0. The number of rotatable bonds is 4. The zero-order valence-electron chi connectivity index (χ0n) is 9.75. The van der Waals surface area contributed by atoms with Crippen molar-refractivity contribution in [2.75, 3.05) is 12.3 Å². The molecular weight excluding hydrogens is 277 g/mol. The average molecular weight is 290 g/mol. The normalized spacial score (nSPS) is 27.5. The van der Waals surface area contributed by atoms with Crippen molar-refractivity contribution in [2.24, 2.45) is 0 Å². The van der Waals surface area contributed by atoms with E-state index in [-0.39, 0.29) is 18.8 Å². The van der Waals surface area contributed by atoms with Gasteiger partial charge in [0, 0.05) is 17.2 Å². The fourth-order valence-corrected chi connectivity index (χ4v) is 2.09. The summed E-state index contributed by atoms with van der Waals surface area (Å²) in [6.07, 6.45) is -0.815. The Morgan fingerprint density at radius 1 is 1.68 bits per heavy atom. The summed E-state index contributed by atoms with van der Waals surface area (Å²) < 4.78 is 21.5. The third kappa shape index (κ3) is 3.34. The molecule has 1 aromatic rings. The molecule has 4 N–H and O–H groups in total. The van der Waals surface area contributed by atoms with Crippen LogP contribution in [0.5, 0.6) is 0 Å². The first-order valence-corrected chi connectivity index (χ1v) is 6.57. The third-order valence-corrected chi connectivity index (χ3v) is 3.09. The van der Waals surface area contributed by atoms with Crippen LogP contribution in [0.4, 0.5) is 5.82 Å². The maximum atomic E-state index is 11.6. The number of ether oxygens (including phenoxy) is 1. The highest BCUT2D eigenvalue weighted by Gasteiger charge is 2.37. The first-order valence-electron chi connectivity index (χ1n) is 5.44. The third-order valence-electron chi connectivity index (χ3n) is 2.72. The number of hydrogen-bond donors (Lipinski definition) is 3. The second kappa shape index (κ2) is 5.72. The van der Waals surface area contributed by atoms with Crippen molar-refractivity contribution in [1.82, 2.24) is 9.55 Å². The van der Waals surface area contributed by atoms with E-state index in [4.69, 9.17) is 15.4 Å². The molecule has 1 saturated heterocycles. The SMILES string of the molecule is Nc1ccn([C@H]2C[C@H](O)[C@@H](CO[P+](=O)O)O2)c(=O)n1. The molecule has 2 heterocycles. The smallest absolute Gasteiger partial charge is 0.390 e. The topological polar surface area (TPSA) is 137 Å². The van der Waals surface area contributed by atoms with Crippen molar-refractivity contribution >= 4 is 14.1 Å². The maximum absolute atomic E-state index is 11.6. The minimum absolute atomic E-state index is 0.0944. The van der Waals surface area contributed by atoms with Gasteiger partial charge in [-0.25, -0.2) is 4.79 Å². The Morgan fingerprint density at radius 2 is 2.42 bits per heavy atom. The molecule has 0 bridgehead atoms. The molecule has 0 spiro atoms. The molecule has 10 heteroatoms. The molecule has 1 aliphatic rings. The number of nitrogens with two attached hydrogens (primary N) is 1. The maximum Gasteiger partial charge on any atom is 0.694 e. The van der Waals surface area contributed by atoms with Crippen LogP contribution in [0.25, 0.3) is 0 Å². The van der Waals surface area contributed by atoms with Crippen molar-refractivity contribution in [2.45, 2.75) is 24.9 Å². The molecule has 4 atom stereocenters. The predicted molar refractivity (Wildman–Crippen MR) is 63.2 cm³/mol. The number of hydrogen-bond acceptors (Lipinski definition) is 7. The number of aliphatic hydroxyl groups is 1. The minimum Gasteiger partial charge on any atom is -0.390 e. The molecule has 104 valence electrons. The van der Waals surface area contributed by atoms with Crippen LogP contribution in [0.2, 0.25) is 0 Å². The van der Waals surface area contributed by atoms with E-state index >= 15 is 0 Å². The number of aliphatic hydroxyl groups excluding tert-OH is 1. The Bertz CT molecular complexity index is 535. The van der Waals surface area contributed by atoms with Gasteiger partial charge in [-0.05, 0) is 6.07 Å². The Morgan fingerprint density at radius 3 is 3.05 bits per heavy atom. The molecule has 0 aliphatic carbocycles. The van der Waals surface area contributed by atoms with Gasteiger partial charge in [0.2, 0.25) is 0 Å². The fourth-order valence-electron chi connectivity index (χ4n) is 1.82. The van der Waals surface area contributed by atoms with Crippen LogP contribution in [0.1, 0.15) is 12.6 Å². The van der Waals surface area contributed by atoms with E-state index in [0.29, 0.717) is 0 Å². The van der Waals surface area contributed by atoms with Gasteiger partial charge in [0.05, 0.1) is 6.10 Å². The minimum atomic E-state index is -2.75. The highest BCUT2D eigenvalue weighted by atomic mass is 31.1. The van der Waals surface area contributed by atoms with Gasteiger partial charge in [0.15, 0.2) is 0 Å². The molecule has 0 saturated carbocycles. The van der Waals surface area contributed by atoms with E-state index in [1.807, 2.05) is 0 Å². The number of nitrogens with zero attached hydrogens (tertiary/aromatic N) is 2. The fraction of sp³-hybridized carbons (Fsp3) is 0.556. The summed E-state index contributed by atoms with van der Waals surface area (Å²) in [5.74, 6) is 0.0944. The summed E-state index contributed by atoms with van der Waals surface area (Å²) in [5, 5.41) is 9.74. The Hall–Kier alpha value is -1.38. The van der Waals surface area contributed by atoms with Gasteiger partial charge in [-0.3, -0.25) is 4.57 Å². The van der Waals surface area contributed by atoms with Gasteiger partial charge in [0.1, 0.15) is 24.8 Å². The van der Waals surface area contributed by atoms with E-state index in [2.05, 4.69) is 9.51 Å². The summed E-state index contributed by atoms with van der Waals surface area (Å²) >= 11 is 0. The highest BCUT2D eigenvalue weighted by molar-refractivity contribution is 7.32. The van der Waals surface area contributed by atoms with Crippen molar-refractivity contribution in [3.63, 3.8) is 0 Å². The molecule has 0 aromatic carbocycles. The van der Waals surface area contributed by atoms with Gasteiger partial charge in [0.25, 0.3) is 0 Å². The van der Waals surface area contributed by atoms with Crippen LogP contribution in [0, 0.1) is 0 Å². The van der Waals surface area contributed by atoms with Crippen molar-refractivity contribution in [3.8, 4) is 0 Å². The van der Waals surface area contributed by atoms with Crippen molar-refractivity contribution in [1.29, 1.82) is 0 Å². The summed E-state index contributed by atoms with van der Waals surface area (Å²) in [7, 11) is -2.75. The molecule has 0 amide bonds. The van der Waals surface area contributed by atoms with Crippen LogP contribution >= 0.6 is 8.25 Å². The average Bonchev–Trinajstić information content (AvgIpc) is 2.67. The van der Waals surface area contributed by atoms with Crippen molar-refractivity contribution < 1.29 is 23.8 Å². The Balaban J connectivity index is 2.07. The Kier molecular flexibility index (Phi) is 4.23. The summed E-state index contributed by atoms with van der Waals surface area (Å²) in [4.78, 5) is 23.7. The van der Waals surface area contributed by atoms with Crippen LogP contribution in [-0.4, -0.2) is 38.4 Å². The zero-order chi connectivity index (χ0) is 14.0. The van der Waals surface area contributed by atoms with E-state index in [0.717, 1.165) is 0 Å². The molecule has 1 aliphatic heterocycles. The van der Waals surface area contributed by atoms with Crippen LogP contribution < -0.4 is 11.4 Å². The summed E-state index contributed by atoms with van der Waals surface area (Å²) in [5.41, 5.74) is 4.78. The van der Waals surface area contributed by atoms with Crippen molar-refractivity contribution in [3.05, 3.63) is 22.7 Å². The molecule has 19 heavy (non-hydrogen) atoms. The lowest BCUT2D eigenvalue weighted by Gasteiger charge is -2.13. The molecule has 1 aromatic heterocycles. The monoisotopic (exact) mass is 290 g/mol. The standard InChI is InChI=1S/C9H12N3O6P/c10-7-1-2-12(9(14)11-7)8-3-5(13)6(18-8)4-17-19(15)16/h1-2,5-6,8,13H,3-4H2,(H2-,10,11,14,15,16)/p+1/t5-,6+,8+/m0/s1. The lowest BCUT2D eigenvalue weighted by Crippen LogP contribution is -2.28. The first-order chi connectivity index (χ1) is 8.97. The van der Waals surface area contributed by atoms with E-state index in [9.17, 15) is 14.5 Å². The molecule has 1 fully saturated rings. The molecule has 1 unspecified atom stereocenters. The summed E-state index contributed by atoms with van der Waals surface area (Å²) in [6.45, 7) is -0.236. The number of aromatic nitrogens is 2. The highest BCUT2D eigenvalue weighted by Crippen LogP contribution is 2.29. The van der Waals surface area contributed by atoms with Gasteiger partial charge in [-0.1, -0.05) is 0 Å².